The third-order valence-corrected chi connectivity index (χ3v) is 9.18. The number of halogens is 6. The molecule has 2 aliphatic heterocycles. The predicted molar refractivity (Wildman–Crippen MR) is 145 cm³/mol. The van der Waals surface area contributed by atoms with E-state index in [1.807, 2.05) is 0 Å². The van der Waals surface area contributed by atoms with Crippen molar-refractivity contribution in [3.05, 3.63) is 70.3 Å². The number of aliphatic hydroxyl groups is 2. The number of amides is 3. The van der Waals surface area contributed by atoms with E-state index < -0.39 is 52.4 Å². The lowest BCUT2D eigenvalue weighted by Gasteiger charge is -2.57. The first kappa shape index (κ1) is 32.6. The number of fused-ring (bicyclic) bond motifs is 1. The Labute approximate surface area is 245 Å². The summed E-state index contributed by atoms with van der Waals surface area (Å²) >= 11 is 0. The summed E-state index contributed by atoms with van der Waals surface area (Å²) in [5, 5.41) is 22.4. The van der Waals surface area contributed by atoms with Crippen LogP contribution >= 0.6 is 0 Å². The number of aryl methyl sites for hydroxylation is 1. The van der Waals surface area contributed by atoms with Crippen LogP contribution in [0.3, 0.4) is 0 Å². The van der Waals surface area contributed by atoms with Gasteiger partial charge in [0.05, 0.1) is 28.1 Å². The van der Waals surface area contributed by atoms with Crippen molar-refractivity contribution in [2.24, 2.45) is 5.41 Å². The highest BCUT2D eigenvalue weighted by atomic mass is 19.4. The van der Waals surface area contributed by atoms with Crippen molar-refractivity contribution in [1.29, 1.82) is 0 Å². The molecular weight excluding hydrogens is 580 g/mol. The number of nitrogens with zero attached hydrogens (tertiary/aromatic N) is 2. The quantitative estimate of drug-likeness (QED) is 0.381. The number of benzene rings is 2. The molecule has 7 nitrogen and oxygen atoms in total. The summed E-state index contributed by atoms with van der Waals surface area (Å²) in [4.78, 5) is 30.6. The lowest BCUT2D eigenvalue weighted by atomic mass is 9.64. The summed E-state index contributed by atoms with van der Waals surface area (Å²) in [7, 11) is 1.37. The highest BCUT2D eigenvalue weighted by Crippen LogP contribution is 2.57. The van der Waals surface area contributed by atoms with Gasteiger partial charge in [0, 0.05) is 39.3 Å². The summed E-state index contributed by atoms with van der Waals surface area (Å²) < 4.78 is 83.9. The molecular formula is C30H35F6N3O4. The maximum absolute atomic E-state index is 14.0. The van der Waals surface area contributed by atoms with E-state index in [2.05, 4.69) is 5.32 Å². The smallest absolute Gasteiger partial charge is 0.396 e. The zero-order chi connectivity index (χ0) is 32.0. The van der Waals surface area contributed by atoms with Gasteiger partial charge in [-0.3, -0.25) is 4.79 Å². The van der Waals surface area contributed by atoms with Crippen molar-refractivity contribution in [2.75, 3.05) is 33.4 Å². The second-order valence-electron chi connectivity index (χ2n) is 11.4. The van der Waals surface area contributed by atoms with Crippen LogP contribution in [0.25, 0.3) is 0 Å². The van der Waals surface area contributed by atoms with Gasteiger partial charge < -0.3 is 25.3 Å². The van der Waals surface area contributed by atoms with Crippen molar-refractivity contribution in [3.8, 4) is 0 Å². The van der Waals surface area contributed by atoms with E-state index in [0.29, 0.717) is 23.3 Å². The van der Waals surface area contributed by atoms with Crippen LogP contribution in [0.5, 0.6) is 0 Å². The summed E-state index contributed by atoms with van der Waals surface area (Å²) in [6.07, 6.45) is -10.2. The van der Waals surface area contributed by atoms with Crippen molar-refractivity contribution in [3.63, 3.8) is 0 Å². The summed E-state index contributed by atoms with van der Waals surface area (Å²) in [5.41, 5.74) is -5.09. The molecule has 3 atom stereocenters. The van der Waals surface area contributed by atoms with E-state index in [-0.39, 0.29) is 63.1 Å². The number of alkyl halides is 6. The van der Waals surface area contributed by atoms with Crippen LogP contribution in [0.1, 0.15) is 59.9 Å². The molecule has 236 valence electrons. The SMILES string of the molecule is CNC(=O)N1CCN2C(=O)C(CCO)(CCO)CC2C1(c1ccccc1C)[C@H](C)c1cc(C(F)(F)F)cc(C(F)(F)F)c1. The van der Waals surface area contributed by atoms with Crippen molar-refractivity contribution >= 4 is 11.9 Å². The minimum atomic E-state index is -5.09. The van der Waals surface area contributed by atoms with Gasteiger partial charge >= 0.3 is 18.4 Å². The molecule has 2 fully saturated rings. The summed E-state index contributed by atoms with van der Waals surface area (Å²) in [6.45, 7) is 2.40. The standard InChI is InChI=1S/C30H35F6N3O4/c1-18-6-4-5-7-23(18)28(19(2)20-14-21(29(31,32)33)16-22(15-20)30(34,35)36)24-17-27(8-12-40,9-13-41)25(42)38(24)10-11-39(28)26(43)37-3/h4-7,14-16,19,24,40-41H,8-13,17H2,1-3H3,(H,37,43)/t19-,24?,28?/m1/s1. The molecule has 0 bridgehead atoms. The molecule has 2 aromatic carbocycles. The molecule has 3 N–H and O–H groups in total. The zero-order valence-corrected chi connectivity index (χ0v) is 24.0. The number of carbonyl (C=O) groups excluding carboxylic acids is 2. The second-order valence-corrected chi connectivity index (χ2v) is 11.4. The van der Waals surface area contributed by atoms with Gasteiger partial charge in [0.25, 0.3) is 0 Å². The highest BCUT2D eigenvalue weighted by Gasteiger charge is 2.64. The summed E-state index contributed by atoms with van der Waals surface area (Å²) in [6, 6.07) is 6.66. The fourth-order valence-electron chi connectivity index (χ4n) is 7.20. The molecule has 0 spiro atoms. The van der Waals surface area contributed by atoms with Crippen LogP contribution in [0.4, 0.5) is 31.1 Å². The van der Waals surface area contributed by atoms with Crippen molar-refractivity contribution < 1.29 is 46.1 Å². The number of hydrogen-bond acceptors (Lipinski definition) is 4. The van der Waals surface area contributed by atoms with E-state index in [0.717, 1.165) is 0 Å². The van der Waals surface area contributed by atoms with E-state index in [1.54, 1.807) is 31.2 Å². The molecule has 3 amide bonds. The number of nitrogens with one attached hydrogen (secondary N) is 1. The average Bonchev–Trinajstić information content (AvgIpc) is 3.22. The van der Waals surface area contributed by atoms with E-state index >= 15 is 0 Å². The second kappa shape index (κ2) is 11.6. The van der Waals surface area contributed by atoms with Gasteiger partial charge in [-0.25, -0.2) is 4.79 Å². The molecule has 2 aliphatic rings. The topological polar surface area (TPSA) is 93.1 Å². The molecule has 2 aromatic rings. The predicted octanol–water partition coefficient (Wildman–Crippen LogP) is 5.04. The largest absolute Gasteiger partial charge is 0.416 e. The molecule has 43 heavy (non-hydrogen) atoms. The number of carbonyl (C=O) groups is 2. The Balaban J connectivity index is 2.10. The number of urea groups is 1. The molecule has 4 rings (SSSR count). The van der Waals surface area contributed by atoms with Crippen LogP contribution in [0.15, 0.2) is 42.5 Å². The maximum Gasteiger partial charge on any atom is 0.416 e. The van der Waals surface area contributed by atoms with Crippen LogP contribution in [0, 0.1) is 12.3 Å². The Bertz CT molecular complexity index is 1330. The maximum atomic E-state index is 14.0. The third-order valence-electron chi connectivity index (χ3n) is 9.18. The van der Waals surface area contributed by atoms with Crippen molar-refractivity contribution in [2.45, 2.75) is 63.0 Å². The van der Waals surface area contributed by atoms with E-state index in [1.165, 1.54) is 23.8 Å². The van der Waals surface area contributed by atoms with E-state index in [9.17, 15) is 46.1 Å². The van der Waals surface area contributed by atoms with Crippen LogP contribution < -0.4 is 5.32 Å². The summed E-state index contributed by atoms with van der Waals surface area (Å²) in [5.74, 6) is -1.59. The fourth-order valence-corrected chi connectivity index (χ4v) is 7.20. The molecule has 2 unspecified atom stereocenters. The third kappa shape index (κ3) is 5.45. The molecule has 13 heteroatoms. The van der Waals surface area contributed by atoms with Crippen molar-refractivity contribution in [1.82, 2.24) is 15.1 Å². The van der Waals surface area contributed by atoms with Crippen LogP contribution in [-0.4, -0.2) is 71.3 Å². The minimum absolute atomic E-state index is 0.00418. The molecule has 2 saturated heterocycles. The zero-order valence-electron chi connectivity index (χ0n) is 24.0. The Morgan fingerprint density at radius 1 is 1.00 bits per heavy atom. The first-order valence-electron chi connectivity index (χ1n) is 14.0. The average molecular weight is 616 g/mol. The Hall–Kier alpha value is -3.32. The van der Waals surface area contributed by atoms with Gasteiger partial charge in [-0.1, -0.05) is 31.2 Å². The highest BCUT2D eigenvalue weighted by molar-refractivity contribution is 5.87. The lowest BCUT2D eigenvalue weighted by molar-refractivity contribution is -0.143. The number of piperazine rings is 1. The molecule has 0 aromatic heterocycles. The van der Waals surface area contributed by atoms with Gasteiger partial charge in [0.2, 0.25) is 5.91 Å². The first-order chi connectivity index (χ1) is 20.1. The monoisotopic (exact) mass is 615 g/mol. The lowest BCUT2D eigenvalue weighted by Crippen LogP contribution is -2.69. The van der Waals surface area contributed by atoms with Gasteiger partial charge in [0.15, 0.2) is 0 Å². The Kier molecular flexibility index (Phi) is 8.82. The molecule has 0 saturated carbocycles. The molecule has 0 aliphatic carbocycles. The fraction of sp³-hybridized carbons (Fsp3) is 0.533. The van der Waals surface area contributed by atoms with Gasteiger partial charge in [-0.05, 0) is 61.1 Å². The van der Waals surface area contributed by atoms with Gasteiger partial charge in [-0.15, -0.1) is 0 Å². The van der Waals surface area contributed by atoms with Crippen LogP contribution in [0.2, 0.25) is 0 Å². The minimum Gasteiger partial charge on any atom is -0.396 e. The first-order valence-corrected chi connectivity index (χ1v) is 14.0. The normalized spacial score (nSPS) is 22.9. The van der Waals surface area contributed by atoms with Gasteiger partial charge in [0.1, 0.15) is 0 Å². The Morgan fingerprint density at radius 3 is 2.05 bits per heavy atom. The van der Waals surface area contributed by atoms with E-state index in [4.69, 9.17) is 0 Å². The number of aliphatic hydroxyl groups excluding tert-OH is 2. The number of hydrogen-bond donors (Lipinski definition) is 3. The molecule has 2 heterocycles. The Morgan fingerprint density at radius 2 is 1.56 bits per heavy atom. The van der Waals surface area contributed by atoms with Gasteiger partial charge in [-0.2, -0.15) is 26.3 Å². The van der Waals surface area contributed by atoms with Crippen LogP contribution in [-0.2, 0) is 22.7 Å². The number of rotatable bonds is 7. The molecule has 0 radical (unpaired) electrons.